The lowest BCUT2D eigenvalue weighted by Crippen LogP contribution is -2.36. The van der Waals surface area contributed by atoms with Gasteiger partial charge in [0.05, 0.1) is 20.3 Å². The molecule has 100 valence electrons. The van der Waals surface area contributed by atoms with E-state index in [9.17, 15) is 9.90 Å². The molecule has 18 heavy (non-hydrogen) atoms. The van der Waals surface area contributed by atoms with Gasteiger partial charge in [-0.2, -0.15) is 0 Å². The summed E-state index contributed by atoms with van der Waals surface area (Å²) in [7, 11) is 1.40. The number of hydrogen-bond donors (Lipinski definition) is 3. The van der Waals surface area contributed by atoms with Crippen molar-refractivity contribution in [2.75, 3.05) is 33.4 Å². The van der Waals surface area contributed by atoms with Gasteiger partial charge in [0.15, 0.2) is 0 Å². The maximum atomic E-state index is 12.2. The molecule has 0 saturated carbocycles. The molecule has 0 heterocycles. The van der Waals surface area contributed by atoms with E-state index in [0.717, 1.165) is 0 Å². The van der Waals surface area contributed by atoms with Crippen LogP contribution in [0.4, 0.5) is 0 Å². The summed E-state index contributed by atoms with van der Waals surface area (Å²) in [4.78, 5) is 13.4. The van der Waals surface area contributed by atoms with Crippen LogP contribution < -0.4 is 4.74 Å². The van der Waals surface area contributed by atoms with Crippen molar-refractivity contribution in [2.45, 2.75) is 0 Å². The largest absolute Gasteiger partial charge is 0.507 e. The van der Waals surface area contributed by atoms with Crippen LogP contribution in [0.2, 0.25) is 0 Å². The first kappa shape index (κ1) is 14.3. The van der Waals surface area contributed by atoms with Crippen LogP contribution in [0.15, 0.2) is 18.2 Å². The van der Waals surface area contributed by atoms with E-state index in [1.165, 1.54) is 18.1 Å². The highest BCUT2D eigenvalue weighted by Gasteiger charge is 2.22. The Kier molecular flexibility index (Phi) is 5.41. The van der Waals surface area contributed by atoms with E-state index >= 15 is 0 Å². The lowest BCUT2D eigenvalue weighted by molar-refractivity contribution is 0.0678. The van der Waals surface area contributed by atoms with Crippen LogP contribution in [0.25, 0.3) is 0 Å². The first-order chi connectivity index (χ1) is 8.65. The number of rotatable bonds is 6. The molecule has 0 aliphatic carbocycles. The molecule has 0 saturated heterocycles. The fourth-order valence-corrected chi connectivity index (χ4v) is 1.62. The van der Waals surface area contributed by atoms with Crippen LogP contribution in [-0.2, 0) is 0 Å². The zero-order chi connectivity index (χ0) is 13.5. The Morgan fingerprint density at radius 3 is 2.39 bits per heavy atom. The van der Waals surface area contributed by atoms with E-state index in [-0.39, 0.29) is 43.4 Å². The number of aliphatic hydroxyl groups excluding tert-OH is 2. The summed E-state index contributed by atoms with van der Waals surface area (Å²) < 4.78 is 5.02. The van der Waals surface area contributed by atoms with Crippen LogP contribution >= 0.6 is 0 Å². The van der Waals surface area contributed by atoms with Gasteiger partial charge in [0.25, 0.3) is 5.91 Å². The van der Waals surface area contributed by atoms with Gasteiger partial charge in [0.2, 0.25) is 0 Å². The van der Waals surface area contributed by atoms with Crippen LogP contribution in [0.1, 0.15) is 10.4 Å². The normalized spacial score (nSPS) is 10.2. The molecule has 0 aliphatic rings. The number of aromatic hydroxyl groups is 1. The zero-order valence-electron chi connectivity index (χ0n) is 10.2. The Hall–Kier alpha value is -1.79. The number of phenols is 1. The molecule has 1 aromatic rings. The van der Waals surface area contributed by atoms with Crippen LogP contribution in [0.5, 0.6) is 11.5 Å². The van der Waals surface area contributed by atoms with Gasteiger partial charge in [0, 0.05) is 13.1 Å². The Balaban J connectivity index is 3.07. The van der Waals surface area contributed by atoms with Gasteiger partial charge in [-0.15, -0.1) is 0 Å². The summed E-state index contributed by atoms with van der Waals surface area (Å²) in [6.07, 6.45) is 0. The third-order valence-electron chi connectivity index (χ3n) is 2.47. The first-order valence-corrected chi connectivity index (χ1v) is 5.52. The SMILES string of the molecule is COc1cccc(O)c1C(=O)N(CCO)CCO. The number of phenolic OH excluding ortho intramolecular Hbond substituents is 1. The number of carbonyl (C=O) groups is 1. The quantitative estimate of drug-likeness (QED) is 0.656. The minimum atomic E-state index is -0.493. The van der Waals surface area contributed by atoms with E-state index in [0.29, 0.717) is 0 Å². The zero-order valence-corrected chi connectivity index (χ0v) is 10.2. The molecule has 1 rings (SSSR count). The van der Waals surface area contributed by atoms with E-state index in [1.807, 2.05) is 0 Å². The standard InChI is InChI=1S/C12H17NO5/c1-18-10-4-2-3-9(16)11(10)12(17)13(5-7-14)6-8-15/h2-4,14-16H,5-8H2,1H3. The van der Waals surface area contributed by atoms with Gasteiger partial charge in [-0.3, -0.25) is 4.79 Å². The lowest BCUT2D eigenvalue weighted by Gasteiger charge is -2.22. The Morgan fingerprint density at radius 2 is 1.89 bits per heavy atom. The van der Waals surface area contributed by atoms with Gasteiger partial charge >= 0.3 is 0 Å². The number of amides is 1. The summed E-state index contributed by atoms with van der Waals surface area (Å²) in [5.74, 6) is -0.436. The molecule has 0 spiro atoms. The second kappa shape index (κ2) is 6.83. The number of hydrogen-bond acceptors (Lipinski definition) is 5. The second-order valence-electron chi connectivity index (χ2n) is 3.59. The molecule has 0 radical (unpaired) electrons. The average molecular weight is 255 g/mol. The summed E-state index contributed by atoms with van der Waals surface area (Å²) >= 11 is 0. The second-order valence-corrected chi connectivity index (χ2v) is 3.59. The molecule has 0 aliphatic heterocycles. The van der Waals surface area contributed by atoms with Crippen molar-refractivity contribution >= 4 is 5.91 Å². The number of benzene rings is 1. The molecule has 6 nitrogen and oxygen atoms in total. The maximum Gasteiger partial charge on any atom is 0.261 e. The van der Waals surface area contributed by atoms with E-state index in [2.05, 4.69) is 0 Å². The van der Waals surface area contributed by atoms with Gasteiger partial charge in [-0.25, -0.2) is 0 Å². The van der Waals surface area contributed by atoms with Crippen molar-refractivity contribution in [3.05, 3.63) is 23.8 Å². The predicted molar refractivity (Wildman–Crippen MR) is 64.7 cm³/mol. The fraction of sp³-hybridized carbons (Fsp3) is 0.417. The third-order valence-corrected chi connectivity index (χ3v) is 2.47. The van der Waals surface area contributed by atoms with Gasteiger partial charge < -0.3 is 25.0 Å². The van der Waals surface area contributed by atoms with Crippen molar-refractivity contribution in [1.82, 2.24) is 4.90 Å². The Labute approximate surface area is 105 Å². The fourth-order valence-electron chi connectivity index (χ4n) is 1.62. The lowest BCUT2D eigenvalue weighted by atomic mass is 10.1. The highest BCUT2D eigenvalue weighted by molar-refractivity contribution is 5.99. The molecule has 0 atom stereocenters. The molecule has 0 aromatic heterocycles. The number of ether oxygens (including phenoxy) is 1. The Morgan fingerprint density at radius 1 is 1.28 bits per heavy atom. The summed E-state index contributed by atoms with van der Waals surface area (Å²) in [6.45, 7) is -0.281. The number of nitrogens with zero attached hydrogens (tertiary/aromatic N) is 1. The highest BCUT2D eigenvalue weighted by Crippen LogP contribution is 2.28. The van der Waals surface area contributed by atoms with Crippen molar-refractivity contribution in [2.24, 2.45) is 0 Å². The van der Waals surface area contributed by atoms with Crippen molar-refractivity contribution < 1.29 is 24.9 Å². The minimum absolute atomic E-state index is 0.0295. The van der Waals surface area contributed by atoms with E-state index < -0.39 is 5.91 Å². The molecule has 0 fully saturated rings. The Bertz CT molecular complexity index is 401. The number of carbonyl (C=O) groups excluding carboxylic acids is 1. The molecule has 1 amide bonds. The van der Waals surface area contributed by atoms with E-state index in [4.69, 9.17) is 14.9 Å². The van der Waals surface area contributed by atoms with Gasteiger partial charge in [0.1, 0.15) is 17.1 Å². The average Bonchev–Trinajstić information content (AvgIpc) is 2.37. The number of aliphatic hydroxyl groups is 2. The minimum Gasteiger partial charge on any atom is -0.507 e. The van der Waals surface area contributed by atoms with Gasteiger partial charge in [-0.1, -0.05) is 6.07 Å². The van der Waals surface area contributed by atoms with E-state index in [1.54, 1.807) is 12.1 Å². The smallest absolute Gasteiger partial charge is 0.261 e. The van der Waals surface area contributed by atoms with Crippen molar-refractivity contribution in [3.63, 3.8) is 0 Å². The molecule has 6 heteroatoms. The van der Waals surface area contributed by atoms with Crippen LogP contribution in [-0.4, -0.2) is 59.5 Å². The maximum absolute atomic E-state index is 12.2. The molecular formula is C12H17NO5. The highest BCUT2D eigenvalue weighted by atomic mass is 16.5. The van der Waals surface area contributed by atoms with Crippen LogP contribution in [0.3, 0.4) is 0 Å². The first-order valence-electron chi connectivity index (χ1n) is 5.52. The van der Waals surface area contributed by atoms with Gasteiger partial charge in [-0.05, 0) is 12.1 Å². The summed E-state index contributed by atoms with van der Waals surface area (Å²) in [6, 6.07) is 4.50. The summed E-state index contributed by atoms with van der Waals surface area (Å²) in [5.41, 5.74) is 0.0295. The molecule has 1 aromatic carbocycles. The van der Waals surface area contributed by atoms with Crippen molar-refractivity contribution in [1.29, 1.82) is 0 Å². The monoisotopic (exact) mass is 255 g/mol. The molecule has 0 unspecified atom stereocenters. The third kappa shape index (κ3) is 3.12. The molecular weight excluding hydrogens is 238 g/mol. The predicted octanol–water partition coefficient (Wildman–Crippen LogP) is -0.172. The van der Waals surface area contributed by atoms with Crippen molar-refractivity contribution in [3.8, 4) is 11.5 Å². The topological polar surface area (TPSA) is 90.2 Å². The molecule has 3 N–H and O–H groups in total. The molecule has 0 bridgehead atoms. The number of methoxy groups -OCH3 is 1. The van der Waals surface area contributed by atoms with Crippen LogP contribution in [0, 0.1) is 0 Å². The summed E-state index contributed by atoms with van der Waals surface area (Å²) in [5, 5.41) is 27.5.